The van der Waals surface area contributed by atoms with E-state index in [1.54, 1.807) is 6.20 Å². The summed E-state index contributed by atoms with van der Waals surface area (Å²) in [7, 11) is 0. The molecule has 0 aromatic carbocycles. The van der Waals surface area contributed by atoms with Crippen molar-refractivity contribution in [3.63, 3.8) is 0 Å². The van der Waals surface area contributed by atoms with Gasteiger partial charge in [-0.3, -0.25) is 0 Å². The summed E-state index contributed by atoms with van der Waals surface area (Å²) in [6.07, 6.45) is 7.54. The van der Waals surface area contributed by atoms with Crippen LogP contribution in [0.4, 0.5) is 4.79 Å². The molecular weight excluding hydrogens is 166 g/mol. The molecule has 1 heterocycles. The van der Waals surface area contributed by atoms with Crippen LogP contribution in [-0.2, 0) is 0 Å². The largest absolute Gasteiger partial charge is 0.518 e. The van der Waals surface area contributed by atoms with Crippen molar-refractivity contribution in [1.29, 1.82) is 0 Å². The minimum Gasteiger partial charge on any atom is -0.435 e. The molecule has 1 N–H and O–H groups in total. The SMILES string of the molecule is CCC1C=CC=C[N+]1(CC)C(=O)O. The Kier molecular flexibility index (Phi) is 2.88. The number of quaternary nitrogens is 1. The first-order valence-corrected chi connectivity index (χ1v) is 4.64. The van der Waals surface area contributed by atoms with Crippen molar-refractivity contribution in [1.82, 2.24) is 0 Å². The van der Waals surface area contributed by atoms with E-state index in [0.717, 1.165) is 6.42 Å². The number of likely N-dealkylation sites (N-methyl/N-ethyl adjacent to an activating group) is 1. The lowest BCUT2D eigenvalue weighted by molar-refractivity contribution is -0.824. The molecule has 1 amide bonds. The average molecular weight is 182 g/mol. The summed E-state index contributed by atoms with van der Waals surface area (Å²) in [4.78, 5) is 11.2. The Labute approximate surface area is 78.6 Å². The smallest absolute Gasteiger partial charge is 0.435 e. The summed E-state index contributed by atoms with van der Waals surface area (Å²) in [6, 6.07) is 0.0764. The molecule has 0 spiro atoms. The molecule has 0 aromatic rings. The summed E-state index contributed by atoms with van der Waals surface area (Å²) < 4.78 is 0.0347. The molecule has 0 aromatic heterocycles. The van der Waals surface area contributed by atoms with Crippen LogP contribution in [0.15, 0.2) is 24.4 Å². The van der Waals surface area contributed by atoms with Gasteiger partial charge in [-0.15, -0.1) is 0 Å². The van der Waals surface area contributed by atoms with Gasteiger partial charge in [-0.25, -0.2) is 0 Å². The lowest BCUT2D eigenvalue weighted by Gasteiger charge is -2.34. The quantitative estimate of drug-likeness (QED) is 0.666. The zero-order valence-corrected chi connectivity index (χ0v) is 8.10. The lowest BCUT2D eigenvalue weighted by atomic mass is 10.1. The molecule has 2 unspecified atom stereocenters. The fourth-order valence-corrected chi connectivity index (χ4v) is 1.80. The first-order chi connectivity index (χ1) is 6.17. The van der Waals surface area contributed by atoms with Gasteiger partial charge in [-0.1, -0.05) is 13.0 Å². The molecule has 1 rings (SSSR count). The van der Waals surface area contributed by atoms with Crippen LogP contribution in [0.3, 0.4) is 0 Å². The van der Waals surface area contributed by atoms with Gasteiger partial charge in [0, 0.05) is 6.42 Å². The van der Waals surface area contributed by atoms with E-state index in [1.165, 1.54) is 0 Å². The van der Waals surface area contributed by atoms with Crippen LogP contribution >= 0.6 is 0 Å². The molecule has 0 saturated carbocycles. The van der Waals surface area contributed by atoms with Crippen molar-refractivity contribution < 1.29 is 14.4 Å². The third-order valence-corrected chi connectivity index (χ3v) is 2.69. The number of hydrogen-bond acceptors (Lipinski definition) is 1. The van der Waals surface area contributed by atoms with E-state index in [9.17, 15) is 9.90 Å². The third-order valence-electron chi connectivity index (χ3n) is 2.69. The van der Waals surface area contributed by atoms with Crippen LogP contribution in [0, 0.1) is 0 Å². The summed E-state index contributed by atoms with van der Waals surface area (Å²) in [5, 5.41) is 9.18. The van der Waals surface area contributed by atoms with Crippen molar-refractivity contribution in [2.24, 2.45) is 0 Å². The Morgan fingerprint density at radius 1 is 1.46 bits per heavy atom. The number of carboxylic acid groups (broad SMARTS) is 1. The summed E-state index contributed by atoms with van der Waals surface area (Å²) in [6.45, 7) is 4.51. The van der Waals surface area contributed by atoms with E-state index < -0.39 is 6.09 Å². The molecule has 13 heavy (non-hydrogen) atoms. The predicted molar refractivity (Wildman–Crippen MR) is 51.2 cm³/mol. The molecule has 0 fully saturated rings. The number of rotatable bonds is 2. The maximum absolute atomic E-state index is 11.2. The highest BCUT2D eigenvalue weighted by Crippen LogP contribution is 2.22. The van der Waals surface area contributed by atoms with Crippen molar-refractivity contribution in [3.8, 4) is 0 Å². The molecule has 2 atom stereocenters. The van der Waals surface area contributed by atoms with Gasteiger partial charge in [0.15, 0.2) is 0 Å². The fourth-order valence-electron chi connectivity index (χ4n) is 1.80. The molecule has 0 aliphatic carbocycles. The molecule has 1 aliphatic heterocycles. The second-order valence-corrected chi connectivity index (χ2v) is 3.23. The van der Waals surface area contributed by atoms with E-state index in [0.29, 0.717) is 6.54 Å². The number of carbonyl (C=O) groups is 1. The first kappa shape index (κ1) is 9.99. The van der Waals surface area contributed by atoms with Gasteiger partial charge in [0.2, 0.25) is 0 Å². The monoisotopic (exact) mass is 182 g/mol. The Morgan fingerprint density at radius 2 is 2.15 bits per heavy atom. The van der Waals surface area contributed by atoms with Crippen molar-refractivity contribution in [2.75, 3.05) is 6.54 Å². The zero-order chi connectivity index (χ0) is 9.90. The van der Waals surface area contributed by atoms with Crippen LogP contribution in [0.25, 0.3) is 0 Å². The van der Waals surface area contributed by atoms with Gasteiger partial charge in [-0.05, 0) is 19.1 Å². The molecule has 72 valence electrons. The maximum Gasteiger partial charge on any atom is 0.518 e. The van der Waals surface area contributed by atoms with Gasteiger partial charge >= 0.3 is 6.09 Å². The van der Waals surface area contributed by atoms with Crippen LogP contribution in [0.5, 0.6) is 0 Å². The Morgan fingerprint density at radius 3 is 2.54 bits per heavy atom. The number of hydrogen-bond donors (Lipinski definition) is 1. The first-order valence-electron chi connectivity index (χ1n) is 4.64. The van der Waals surface area contributed by atoms with E-state index >= 15 is 0 Å². The van der Waals surface area contributed by atoms with Crippen LogP contribution < -0.4 is 0 Å². The van der Waals surface area contributed by atoms with Gasteiger partial charge in [0.05, 0.1) is 6.54 Å². The summed E-state index contributed by atoms with van der Waals surface area (Å²) >= 11 is 0. The number of amides is 1. The summed E-state index contributed by atoms with van der Waals surface area (Å²) in [5.74, 6) is 0. The van der Waals surface area contributed by atoms with Gasteiger partial charge < -0.3 is 5.11 Å². The van der Waals surface area contributed by atoms with Gasteiger partial charge in [0.1, 0.15) is 12.2 Å². The zero-order valence-electron chi connectivity index (χ0n) is 8.10. The van der Waals surface area contributed by atoms with Crippen LogP contribution in [0.2, 0.25) is 0 Å². The normalized spacial score (nSPS) is 32.0. The third kappa shape index (κ3) is 1.52. The van der Waals surface area contributed by atoms with Gasteiger partial charge in [-0.2, -0.15) is 9.28 Å². The van der Waals surface area contributed by atoms with Crippen molar-refractivity contribution >= 4 is 6.09 Å². The van der Waals surface area contributed by atoms with Crippen LogP contribution in [-0.4, -0.2) is 28.3 Å². The average Bonchev–Trinajstić information content (AvgIpc) is 2.17. The fraction of sp³-hybridized carbons (Fsp3) is 0.500. The minimum absolute atomic E-state index is 0.0347. The minimum atomic E-state index is -0.769. The van der Waals surface area contributed by atoms with E-state index in [1.807, 2.05) is 32.1 Å². The lowest BCUT2D eigenvalue weighted by Crippen LogP contribution is -2.54. The Hall–Kier alpha value is -1.09. The number of nitrogens with zero attached hydrogens (tertiary/aromatic N) is 1. The number of allylic oxidation sites excluding steroid dienone is 2. The summed E-state index contributed by atoms with van der Waals surface area (Å²) in [5.41, 5.74) is 0. The highest BCUT2D eigenvalue weighted by atomic mass is 16.4. The van der Waals surface area contributed by atoms with Crippen LogP contribution in [0.1, 0.15) is 20.3 Å². The molecule has 0 saturated heterocycles. The molecule has 0 radical (unpaired) electrons. The predicted octanol–water partition coefficient (Wildman–Crippen LogP) is 2.36. The van der Waals surface area contributed by atoms with Gasteiger partial charge in [0.25, 0.3) is 0 Å². The van der Waals surface area contributed by atoms with Crippen molar-refractivity contribution in [2.45, 2.75) is 26.3 Å². The molecule has 1 aliphatic rings. The molecule has 0 bridgehead atoms. The second-order valence-electron chi connectivity index (χ2n) is 3.23. The maximum atomic E-state index is 11.2. The standard InChI is InChI=1S/C10H15NO2/c1-3-9-7-5-6-8-11(9,4-2)10(12)13/h5-9H,3-4H2,1-2H3/p+1. The van der Waals surface area contributed by atoms with E-state index in [4.69, 9.17) is 0 Å². The van der Waals surface area contributed by atoms with E-state index in [2.05, 4.69) is 0 Å². The topological polar surface area (TPSA) is 37.3 Å². The molecular formula is C10H16NO2+. The highest BCUT2D eigenvalue weighted by molar-refractivity contribution is 5.58. The highest BCUT2D eigenvalue weighted by Gasteiger charge is 2.40. The van der Waals surface area contributed by atoms with E-state index in [-0.39, 0.29) is 10.5 Å². The second kappa shape index (κ2) is 3.75. The van der Waals surface area contributed by atoms with Crippen molar-refractivity contribution in [3.05, 3.63) is 24.4 Å². The molecule has 3 nitrogen and oxygen atoms in total. The Bertz CT molecular complexity index is 258. The Balaban J connectivity index is 3.02. The molecule has 3 heteroatoms.